The van der Waals surface area contributed by atoms with Crippen molar-refractivity contribution in [2.75, 3.05) is 6.61 Å². The first-order chi connectivity index (χ1) is 8.13. The summed E-state index contributed by atoms with van der Waals surface area (Å²) in [6, 6.07) is 7.87. The third kappa shape index (κ3) is 5.20. The van der Waals surface area contributed by atoms with Gasteiger partial charge in [0.15, 0.2) is 0 Å². The molecule has 0 amide bonds. The van der Waals surface area contributed by atoms with E-state index in [4.69, 9.17) is 10.5 Å². The lowest BCUT2D eigenvalue weighted by Crippen LogP contribution is -2.31. The molecule has 0 bridgehead atoms. The van der Waals surface area contributed by atoms with E-state index in [0.717, 1.165) is 25.2 Å². The molecule has 0 aliphatic heterocycles. The van der Waals surface area contributed by atoms with Crippen LogP contribution < -0.4 is 10.5 Å². The van der Waals surface area contributed by atoms with Crippen LogP contribution in [0, 0.1) is 0 Å². The molecule has 1 aromatic rings. The fourth-order valence-electron chi connectivity index (χ4n) is 1.55. The van der Waals surface area contributed by atoms with Crippen molar-refractivity contribution in [2.24, 2.45) is 5.73 Å². The van der Waals surface area contributed by atoms with Crippen LogP contribution in [-0.4, -0.2) is 23.9 Å². The van der Waals surface area contributed by atoms with Crippen LogP contribution in [0.15, 0.2) is 24.3 Å². The van der Waals surface area contributed by atoms with Gasteiger partial charge in [-0.3, -0.25) is 0 Å². The summed E-state index contributed by atoms with van der Waals surface area (Å²) in [5.41, 5.74) is 6.81. The van der Waals surface area contributed by atoms with Crippen LogP contribution in [-0.2, 0) is 6.42 Å². The van der Waals surface area contributed by atoms with Gasteiger partial charge >= 0.3 is 0 Å². The molecule has 0 radical (unpaired) electrons. The Labute approximate surface area is 104 Å². The molecular weight excluding hydrogens is 214 g/mol. The maximum atomic E-state index is 9.61. The van der Waals surface area contributed by atoms with Crippen LogP contribution in [0.25, 0.3) is 0 Å². The van der Waals surface area contributed by atoms with Crippen molar-refractivity contribution >= 4 is 0 Å². The first-order valence-electron chi connectivity index (χ1n) is 6.29. The second kappa shape index (κ2) is 7.30. The van der Waals surface area contributed by atoms with E-state index in [2.05, 4.69) is 6.92 Å². The first-order valence-corrected chi connectivity index (χ1v) is 6.29. The van der Waals surface area contributed by atoms with Crippen molar-refractivity contribution in [1.29, 1.82) is 0 Å². The molecule has 0 aliphatic rings. The third-order valence-corrected chi connectivity index (χ3v) is 2.73. The zero-order chi connectivity index (χ0) is 12.7. The van der Waals surface area contributed by atoms with Crippen LogP contribution in [0.2, 0.25) is 0 Å². The maximum absolute atomic E-state index is 9.61. The molecule has 2 unspecified atom stereocenters. The predicted octanol–water partition coefficient (Wildman–Crippen LogP) is 2.12. The highest BCUT2D eigenvalue weighted by molar-refractivity contribution is 5.27. The number of hydrogen-bond donors (Lipinski definition) is 2. The molecule has 0 spiro atoms. The largest absolute Gasteiger partial charge is 0.494 e. The highest BCUT2D eigenvalue weighted by atomic mass is 16.5. The van der Waals surface area contributed by atoms with E-state index < -0.39 is 6.10 Å². The number of aliphatic hydroxyl groups excluding tert-OH is 1. The molecule has 3 heteroatoms. The second-order valence-electron chi connectivity index (χ2n) is 4.46. The summed E-state index contributed by atoms with van der Waals surface area (Å²) in [5.74, 6) is 0.906. The molecule has 0 aromatic heterocycles. The molecule has 2 atom stereocenters. The Kier molecular flexibility index (Phi) is 6.01. The summed E-state index contributed by atoms with van der Waals surface area (Å²) < 4.78 is 5.50. The molecule has 0 fully saturated rings. The fraction of sp³-hybridized carbons (Fsp3) is 0.571. The third-order valence-electron chi connectivity index (χ3n) is 2.73. The van der Waals surface area contributed by atoms with Gasteiger partial charge in [-0.05, 0) is 43.9 Å². The molecule has 0 heterocycles. The van der Waals surface area contributed by atoms with Gasteiger partial charge in [-0.1, -0.05) is 19.1 Å². The van der Waals surface area contributed by atoms with Crippen LogP contribution in [0.3, 0.4) is 0 Å². The minimum atomic E-state index is -0.425. The van der Waals surface area contributed by atoms with Crippen molar-refractivity contribution in [3.05, 3.63) is 29.8 Å². The molecule has 0 saturated carbocycles. The van der Waals surface area contributed by atoms with E-state index in [-0.39, 0.29) is 6.04 Å². The van der Waals surface area contributed by atoms with Crippen LogP contribution in [0.1, 0.15) is 32.3 Å². The minimum Gasteiger partial charge on any atom is -0.494 e. The Morgan fingerprint density at radius 3 is 2.47 bits per heavy atom. The van der Waals surface area contributed by atoms with Gasteiger partial charge in [0.25, 0.3) is 0 Å². The molecule has 3 nitrogen and oxygen atoms in total. The van der Waals surface area contributed by atoms with E-state index in [1.165, 1.54) is 5.56 Å². The average molecular weight is 237 g/mol. The summed E-state index contributed by atoms with van der Waals surface area (Å²) in [4.78, 5) is 0. The number of nitrogens with two attached hydrogens (primary N) is 1. The maximum Gasteiger partial charge on any atom is 0.119 e. The lowest BCUT2D eigenvalue weighted by atomic mass is 10.0. The molecule has 17 heavy (non-hydrogen) atoms. The van der Waals surface area contributed by atoms with Crippen LogP contribution in [0.5, 0.6) is 5.75 Å². The van der Waals surface area contributed by atoms with E-state index >= 15 is 0 Å². The number of rotatable bonds is 7. The quantitative estimate of drug-likeness (QED) is 0.763. The van der Waals surface area contributed by atoms with Crippen molar-refractivity contribution in [1.82, 2.24) is 0 Å². The van der Waals surface area contributed by atoms with Gasteiger partial charge < -0.3 is 15.6 Å². The molecule has 3 N–H and O–H groups in total. The van der Waals surface area contributed by atoms with E-state index in [0.29, 0.717) is 6.42 Å². The van der Waals surface area contributed by atoms with Gasteiger partial charge in [-0.25, -0.2) is 0 Å². The summed E-state index contributed by atoms with van der Waals surface area (Å²) in [6.07, 6.45) is 2.14. The average Bonchev–Trinajstić information content (AvgIpc) is 2.34. The molecule has 96 valence electrons. The van der Waals surface area contributed by atoms with E-state index in [9.17, 15) is 5.11 Å². The van der Waals surface area contributed by atoms with Gasteiger partial charge in [-0.15, -0.1) is 0 Å². The minimum absolute atomic E-state index is 0.165. The standard InChI is InChI=1S/C14H23NO2/c1-3-10-17-13-7-4-12(5-8-13)6-9-14(16)11(2)15/h4-5,7-8,11,14,16H,3,6,9-10,15H2,1-2H3. The first kappa shape index (κ1) is 14.0. The van der Waals surface area contributed by atoms with E-state index in [1.54, 1.807) is 0 Å². The summed E-state index contributed by atoms with van der Waals surface area (Å²) >= 11 is 0. The number of aliphatic hydroxyl groups is 1. The Bertz CT molecular complexity index is 309. The number of ether oxygens (including phenoxy) is 1. The lowest BCUT2D eigenvalue weighted by Gasteiger charge is -2.14. The number of hydrogen-bond acceptors (Lipinski definition) is 3. The zero-order valence-electron chi connectivity index (χ0n) is 10.7. The topological polar surface area (TPSA) is 55.5 Å². The highest BCUT2D eigenvalue weighted by Gasteiger charge is 2.09. The van der Waals surface area contributed by atoms with Crippen molar-refractivity contribution in [3.63, 3.8) is 0 Å². The van der Waals surface area contributed by atoms with Crippen LogP contribution in [0.4, 0.5) is 0 Å². The number of aryl methyl sites for hydroxylation is 1. The lowest BCUT2D eigenvalue weighted by molar-refractivity contribution is 0.141. The normalized spacial score (nSPS) is 14.4. The summed E-state index contributed by atoms with van der Waals surface area (Å²) in [5, 5.41) is 9.61. The van der Waals surface area contributed by atoms with Crippen LogP contribution >= 0.6 is 0 Å². The Hall–Kier alpha value is -1.06. The van der Waals surface area contributed by atoms with Gasteiger partial charge in [-0.2, -0.15) is 0 Å². The van der Waals surface area contributed by atoms with Crippen molar-refractivity contribution in [3.8, 4) is 5.75 Å². The van der Waals surface area contributed by atoms with Gasteiger partial charge in [0, 0.05) is 6.04 Å². The number of benzene rings is 1. The zero-order valence-corrected chi connectivity index (χ0v) is 10.7. The highest BCUT2D eigenvalue weighted by Crippen LogP contribution is 2.14. The predicted molar refractivity (Wildman–Crippen MR) is 70.2 cm³/mol. The molecule has 1 rings (SSSR count). The summed E-state index contributed by atoms with van der Waals surface area (Å²) in [6.45, 7) is 4.67. The smallest absolute Gasteiger partial charge is 0.119 e. The van der Waals surface area contributed by atoms with Gasteiger partial charge in [0.1, 0.15) is 5.75 Å². The van der Waals surface area contributed by atoms with Gasteiger partial charge in [0.05, 0.1) is 12.7 Å². The molecule has 0 aliphatic carbocycles. The van der Waals surface area contributed by atoms with Crippen molar-refractivity contribution < 1.29 is 9.84 Å². The monoisotopic (exact) mass is 237 g/mol. The fourth-order valence-corrected chi connectivity index (χ4v) is 1.55. The van der Waals surface area contributed by atoms with Crippen molar-refractivity contribution in [2.45, 2.75) is 45.3 Å². The molecular formula is C14H23NO2. The Morgan fingerprint density at radius 2 is 1.94 bits per heavy atom. The second-order valence-corrected chi connectivity index (χ2v) is 4.46. The molecule has 1 aromatic carbocycles. The Balaban J connectivity index is 2.40. The molecule has 0 saturated heterocycles. The summed E-state index contributed by atoms with van der Waals surface area (Å²) in [7, 11) is 0. The van der Waals surface area contributed by atoms with E-state index in [1.807, 2.05) is 31.2 Å². The SMILES string of the molecule is CCCOc1ccc(CCC(O)C(C)N)cc1. The van der Waals surface area contributed by atoms with Gasteiger partial charge in [0.2, 0.25) is 0 Å². The Morgan fingerprint density at radius 1 is 1.29 bits per heavy atom.